The van der Waals surface area contributed by atoms with E-state index in [2.05, 4.69) is 33.9 Å². The SMILES string of the molecule is Cc1ccn2c(C(C)N)nc(Br)c2c1. The molecule has 0 radical (unpaired) electrons. The van der Waals surface area contributed by atoms with E-state index in [4.69, 9.17) is 5.73 Å². The van der Waals surface area contributed by atoms with Gasteiger partial charge in [-0.05, 0) is 47.5 Å². The zero-order valence-electron chi connectivity index (χ0n) is 8.16. The molecule has 2 rings (SSSR count). The fraction of sp³-hybridized carbons (Fsp3) is 0.300. The van der Waals surface area contributed by atoms with E-state index in [1.54, 1.807) is 0 Å². The lowest BCUT2D eigenvalue weighted by Gasteiger charge is -2.03. The second-order valence-electron chi connectivity index (χ2n) is 3.51. The summed E-state index contributed by atoms with van der Waals surface area (Å²) in [6.07, 6.45) is 2.00. The van der Waals surface area contributed by atoms with Crippen LogP contribution in [-0.4, -0.2) is 9.38 Å². The molecule has 0 aliphatic rings. The first-order chi connectivity index (χ1) is 6.59. The van der Waals surface area contributed by atoms with Crippen LogP contribution in [0.2, 0.25) is 0 Å². The number of imidazole rings is 1. The summed E-state index contributed by atoms with van der Waals surface area (Å²) in [7, 11) is 0. The minimum absolute atomic E-state index is 0.0588. The molecule has 2 N–H and O–H groups in total. The molecule has 3 nitrogen and oxygen atoms in total. The van der Waals surface area contributed by atoms with E-state index in [-0.39, 0.29) is 6.04 Å². The van der Waals surface area contributed by atoms with Gasteiger partial charge in [0.05, 0.1) is 11.6 Å². The monoisotopic (exact) mass is 253 g/mol. The van der Waals surface area contributed by atoms with Gasteiger partial charge in [-0.1, -0.05) is 0 Å². The Morgan fingerprint density at radius 2 is 2.29 bits per heavy atom. The number of rotatable bonds is 1. The number of fused-ring (bicyclic) bond motifs is 1. The predicted octanol–water partition coefficient (Wildman–Crippen LogP) is 2.42. The molecule has 74 valence electrons. The molecule has 0 saturated carbocycles. The number of nitrogens with two attached hydrogens (primary N) is 1. The highest BCUT2D eigenvalue weighted by Gasteiger charge is 2.11. The van der Waals surface area contributed by atoms with Gasteiger partial charge in [0.1, 0.15) is 10.4 Å². The number of aryl methyl sites for hydroxylation is 1. The van der Waals surface area contributed by atoms with Crippen molar-refractivity contribution < 1.29 is 0 Å². The Balaban J connectivity index is 2.77. The van der Waals surface area contributed by atoms with Gasteiger partial charge in [-0.3, -0.25) is 0 Å². The molecule has 0 spiro atoms. The third kappa shape index (κ3) is 1.44. The van der Waals surface area contributed by atoms with Crippen LogP contribution in [0.5, 0.6) is 0 Å². The van der Waals surface area contributed by atoms with Crippen LogP contribution < -0.4 is 5.73 Å². The molecule has 2 aromatic heterocycles. The fourth-order valence-electron chi connectivity index (χ4n) is 1.50. The third-order valence-electron chi connectivity index (χ3n) is 2.19. The molecule has 0 aromatic carbocycles. The maximum atomic E-state index is 5.83. The average molecular weight is 254 g/mol. The highest BCUT2D eigenvalue weighted by molar-refractivity contribution is 9.10. The van der Waals surface area contributed by atoms with Gasteiger partial charge in [-0.2, -0.15) is 0 Å². The summed E-state index contributed by atoms with van der Waals surface area (Å²) >= 11 is 3.43. The van der Waals surface area contributed by atoms with Crippen LogP contribution >= 0.6 is 15.9 Å². The van der Waals surface area contributed by atoms with E-state index in [0.717, 1.165) is 15.9 Å². The van der Waals surface area contributed by atoms with E-state index < -0.39 is 0 Å². The molecule has 14 heavy (non-hydrogen) atoms. The quantitative estimate of drug-likeness (QED) is 0.849. The Morgan fingerprint density at radius 3 is 2.93 bits per heavy atom. The first-order valence-electron chi connectivity index (χ1n) is 4.49. The summed E-state index contributed by atoms with van der Waals surface area (Å²) in [6, 6.07) is 4.08. The van der Waals surface area contributed by atoms with E-state index in [0.29, 0.717) is 0 Å². The van der Waals surface area contributed by atoms with Crippen LogP contribution in [0.3, 0.4) is 0 Å². The van der Waals surface area contributed by atoms with Crippen LogP contribution in [0.15, 0.2) is 22.9 Å². The van der Waals surface area contributed by atoms with Crippen molar-refractivity contribution >= 4 is 21.4 Å². The molecule has 0 aliphatic heterocycles. The molecule has 1 atom stereocenters. The van der Waals surface area contributed by atoms with Gasteiger partial charge in [0, 0.05) is 6.20 Å². The smallest absolute Gasteiger partial charge is 0.132 e. The second-order valence-corrected chi connectivity index (χ2v) is 4.26. The van der Waals surface area contributed by atoms with E-state index in [1.165, 1.54) is 5.56 Å². The largest absolute Gasteiger partial charge is 0.322 e. The van der Waals surface area contributed by atoms with Crippen molar-refractivity contribution in [2.75, 3.05) is 0 Å². The standard InChI is InChI=1S/C10H12BrN3/c1-6-3-4-14-8(5-6)9(11)13-10(14)7(2)12/h3-5,7H,12H2,1-2H3. The zero-order chi connectivity index (χ0) is 10.3. The Kier molecular flexibility index (Phi) is 2.33. The molecular formula is C10H12BrN3. The summed E-state index contributed by atoms with van der Waals surface area (Å²) < 4.78 is 2.87. The van der Waals surface area contributed by atoms with Crippen LogP contribution in [-0.2, 0) is 0 Å². The Hall–Kier alpha value is -0.870. The van der Waals surface area contributed by atoms with Gasteiger partial charge in [-0.15, -0.1) is 0 Å². The van der Waals surface area contributed by atoms with Crippen LogP contribution in [0.4, 0.5) is 0 Å². The summed E-state index contributed by atoms with van der Waals surface area (Å²) in [5.41, 5.74) is 8.11. The predicted molar refractivity (Wildman–Crippen MR) is 60.2 cm³/mol. The highest BCUT2D eigenvalue weighted by atomic mass is 79.9. The molecule has 0 saturated heterocycles. The van der Waals surface area contributed by atoms with E-state index in [1.807, 2.05) is 23.6 Å². The number of pyridine rings is 1. The van der Waals surface area contributed by atoms with Crippen molar-refractivity contribution in [1.82, 2.24) is 9.38 Å². The highest BCUT2D eigenvalue weighted by Crippen LogP contribution is 2.22. The molecule has 2 heterocycles. The van der Waals surface area contributed by atoms with Crippen molar-refractivity contribution in [2.24, 2.45) is 5.73 Å². The minimum atomic E-state index is -0.0588. The Morgan fingerprint density at radius 1 is 1.57 bits per heavy atom. The number of aromatic nitrogens is 2. The van der Waals surface area contributed by atoms with Gasteiger partial charge in [0.2, 0.25) is 0 Å². The molecular weight excluding hydrogens is 242 g/mol. The summed E-state index contributed by atoms with van der Waals surface area (Å²) in [5.74, 6) is 0.881. The number of hydrogen-bond donors (Lipinski definition) is 1. The summed E-state index contributed by atoms with van der Waals surface area (Å²) in [4.78, 5) is 4.38. The van der Waals surface area contributed by atoms with Gasteiger partial charge in [-0.25, -0.2) is 4.98 Å². The lowest BCUT2D eigenvalue weighted by atomic mass is 10.3. The summed E-state index contributed by atoms with van der Waals surface area (Å²) in [6.45, 7) is 3.99. The number of hydrogen-bond acceptors (Lipinski definition) is 2. The second kappa shape index (κ2) is 3.37. The average Bonchev–Trinajstić information content (AvgIpc) is 2.44. The molecule has 0 aliphatic carbocycles. The van der Waals surface area contributed by atoms with E-state index in [9.17, 15) is 0 Å². The molecule has 0 amide bonds. The van der Waals surface area contributed by atoms with Crippen molar-refractivity contribution in [2.45, 2.75) is 19.9 Å². The Labute approximate surface area is 91.1 Å². The topological polar surface area (TPSA) is 43.3 Å². The normalized spacial score (nSPS) is 13.4. The first-order valence-corrected chi connectivity index (χ1v) is 5.28. The van der Waals surface area contributed by atoms with Gasteiger partial charge >= 0.3 is 0 Å². The van der Waals surface area contributed by atoms with Crippen molar-refractivity contribution in [3.63, 3.8) is 0 Å². The molecule has 2 aromatic rings. The number of nitrogens with zero attached hydrogens (tertiary/aromatic N) is 2. The van der Waals surface area contributed by atoms with Crippen LogP contribution in [0.25, 0.3) is 5.52 Å². The van der Waals surface area contributed by atoms with Crippen molar-refractivity contribution in [1.29, 1.82) is 0 Å². The fourth-order valence-corrected chi connectivity index (χ4v) is 1.98. The van der Waals surface area contributed by atoms with E-state index >= 15 is 0 Å². The maximum absolute atomic E-state index is 5.83. The zero-order valence-corrected chi connectivity index (χ0v) is 9.75. The molecule has 4 heteroatoms. The van der Waals surface area contributed by atoms with Crippen LogP contribution in [0.1, 0.15) is 24.4 Å². The van der Waals surface area contributed by atoms with Gasteiger partial charge in [0.25, 0.3) is 0 Å². The number of halogens is 1. The minimum Gasteiger partial charge on any atom is -0.322 e. The van der Waals surface area contributed by atoms with Crippen molar-refractivity contribution in [3.8, 4) is 0 Å². The Bertz CT molecular complexity index is 473. The van der Waals surface area contributed by atoms with Gasteiger partial charge < -0.3 is 10.1 Å². The maximum Gasteiger partial charge on any atom is 0.132 e. The lowest BCUT2D eigenvalue weighted by molar-refractivity contribution is 0.734. The first kappa shape index (κ1) is 9.68. The molecule has 0 fully saturated rings. The van der Waals surface area contributed by atoms with Crippen LogP contribution in [0, 0.1) is 6.92 Å². The van der Waals surface area contributed by atoms with Crippen molar-refractivity contribution in [3.05, 3.63) is 34.3 Å². The summed E-state index contributed by atoms with van der Waals surface area (Å²) in [5, 5.41) is 0. The molecule has 0 bridgehead atoms. The molecule has 1 unspecified atom stereocenters. The third-order valence-corrected chi connectivity index (χ3v) is 2.77. The van der Waals surface area contributed by atoms with Gasteiger partial charge in [0.15, 0.2) is 0 Å². The lowest BCUT2D eigenvalue weighted by Crippen LogP contribution is -2.09.